The lowest BCUT2D eigenvalue weighted by Crippen LogP contribution is -1.98. The fourth-order valence-electron chi connectivity index (χ4n) is 7.96. The van der Waals surface area contributed by atoms with Crippen LogP contribution >= 0.6 is 0 Å². The standard InChI is InChI=1S/C58H40N2/c1-7-19-41(20-8-1)47-31-48(42-21-9-2-10-22-42)35-53(34-47)56-40-57(54-36-49(43-23-11-3-12-24-43)32-50(37-54)44-25-13-4-14-26-44)60-58(59-56)55-38-51(45-27-15-5-16-28-45)33-52(39-55)46-29-17-6-18-30-46/h1-40H. The molecule has 9 aromatic carbocycles. The normalized spacial score (nSPS) is 11.0. The Balaban J connectivity index is 1.24. The molecule has 10 aromatic rings. The number of rotatable bonds is 9. The van der Waals surface area contributed by atoms with Crippen LogP contribution in [-0.4, -0.2) is 9.97 Å². The maximum absolute atomic E-state index is 5.49. The lowest BCUT2D eigenvalue weighted by atomic mass is 9.93. The molecule has 0 atom stereocenters. The van der Waals surface area contributed by atoms with E-state index >= 15 is 0 Å². The third-order valence-electron chi connectivity index (χ3n) is 11.0. The van der Waals surface area contributed by atoms with E-state index in [9.17, 15) is 0 Å². The Morgan fingerprint density at radius 2 is 0.367 bits per heavy atom. The second-order valence-electron chi connectivity index (χ2n) is 15.1. The zero-order valence-corrected chi connectivity index (χ0v) is 33.0. The Hall–Kier alpha value is -7.94. The summed E-state index contributed by atoms with van der Waals surface area (Å²) in [5.74, 6) is 0.662. The van der Waals surface area contributed by atoms with Crippen LogP contribution in [0.25, 0.3) is 101 Å². The van der Waals surface area contributed by atoms with Gasteiger partial charge < -0.3 is 0 Å². The molecule has 10 rings (SSSR count). The number of benzene rings is 9. The Labute approximate surface area is 351 Å². The van der Waals surface area contributed by atoms with Crippen LogP contribution in [0.4, 0.5) is 0 Å². The van der Waals surface area contributed by atoms with E-state index in [0.29, 0.717) is 5.82 Å². The van der Waals surface area contributed by atoms with Gasteiger partial charge in [0.1, 0.15) is 0 Å². The Morgan fingerprint density at radius 1 is 0.167 bits per heavy atom. The third-order valence-corrected chi connectivity index (χ3v) is 11.0. The van der Waals surface area contributed by atoms with Gasteiger partial charge in [-0.05, 0) is 127 Å². The number of hydrogen-bond donors (Lipinski definition) is 0. The molecule has 0 aliphatic carbocycles. The molecule has 0 spiro atoms. The van der Waals surface area contributed by atoms with Crippen molar-refractivity contribution in [2.45, 2.75) is 0 Å². The third kappa shape index (κ3) is 7.83. The summed E-state index contributed by atoms with van der Waals surface area (Å²) >= 11 is 0. The summed E-state index contributed by atoms with van der Waals surface area (Å²) in [6.07, 6.45) is 0. The van der Waals surface area contributed by atoms with Gasteiger partial charge in [0.2, 0.25) is 0 Å². The van der Waals surface area contributed by atoms with Gasteiger partial charge >= 0.3 is 0 Å². The van der Waals surface area contributed by atoms with E-state index in [1.807, 2.05) is 0 Å². The van der Waals surface area contributed by atoms with Gasteiger partial charge in [-0.3, -0.25) is 0 Å². The molecule has 0 fully saturated rings. The van der Waals surface area contributed by atoms with Crippen LogP contribution in [0.5, 0.6) is 0 Å². The van der Waals surface area contributed by atoms with Crippen LogP contribution < -0.4 is 0 Å². The van der Waals surface area contributed by atoms with Crippen molar-refractivity contribution in [1.82, 2.24) is 9.97 Å². The average molecular weight is 765 g/mol. The zero-order valence-electron chi connectivity index (χ0n) is 33.0. The number of hydrogen-bond acceptors (Lipinski definition) is 2. The van der Waals surface area contributed by atoms with Gasteiger partial charge in [0.05, 0.1) is 11.4 Å². The molecule has 0 aliphatic heterocycles. The van der Waals surface area contributed by atoms with E-state index in [0.717, 1.165) is 94.8 Å². The van der Waals surface area contributed by atoms with E-state index in [1.54, 1.807) is 0 Å². The Morgan fingerprint density at radius 3 is 0.600 bits per heavy atom. The van der Waals surface area contributed by atoms with Gasteiger partial charge in [-0.2, -0.15) is 0 Å². The fourth-order valence-corrected chi connectivity index (χ4v) is 7.96. The van der Waals surface area contributed by atoms with Crippen molar-refractivity contribution in [3.8, 4) is 101 Å². The summed E-state index contributed by atoms with van der Waals surface area (Å²) in [5, 5.41) is 0. The van der Waals surface area contributed by atoms with Crippen LogP contribution in [0.2, 0.25) is 0 Å². The molecule has 0 saturated carbocycles. The molecular weight excluding hydrogens is 725 g/mol. The monoisotopic (exact) mass is 764 g/mol. The number of nitrogens with zero attached hydrogens (tertiary/aromatic N) is 2. The summed E-state index contributed by atoms with van der Waals surface area (Å²) in [6.45, 7) is 0. The SMILES string of the molecule is c1ccc(-c2cc(-c3ccccc3)cc(-c3cc(-c4cc(-c5ccccc5)cc(-c5ccccc5)c4)nc(-c4cc(-c5ccccc5)cc(-c5ccccc5)c4)n3)c2)cc1. The van der Waals surface area contributed by atoms with Crippen LogP contribution in [-0.2, 0) is 0 Å². The minimum absolute atomic E-state index is 0.662. The molecular formula is C58H40N2. The molecule has 2 heteroatoms. The fraction of sp³-hybridized carbons (Fsp3) is 0. The molecule has 1 aromatic heterocycles. The van der Waals surface area contributed by atoms with Gasteiger partial charge in [-0.25, -0.2) is 9.97 Å². The molecule has 282 valence electrons. The largest absolute Gasteiger partial charge is 0.228 e. The molecule has 1 heterocycles. The highest BCUT2D eigenvalue weighted by Crippen LogP contribution is 2.39. The van der Waals surface area contributed by atoms with Crippen molar-refractivity contribution in [2.75, 3.05) is 0 Å². The summed E-state index contributed by atoms with van der Waals surface area (Å²) in [4.78, 5) is 11.0. The van der Waals surface area contributed by atoms with Gasteiger partial charge in [-0.15, -0.1) is 0 Å². The van der Waals surface area contributed by atoms with Crippen molar-refractivity contribution >= 4 is 0 Å². The lowest BCUT2D eigenvalue weighted by molar-refractivity contribution is 1.18. The first kappa shape index (κ1) is 36.4. The van der Waals surface area contributed by atoms with Crippen LogP contribution in [0.3, 0.4) is 0 Å². The van der Waals surface area contributed by atoms with Gasteiger partial charge in [0.15, 0.2) is 5.82 Å². The van der Waals surface area contributed by atoms with Crippen LogP contribution in [0, 0.1) is 0 Å². The van der Waals surface area contributed by atoms with Gasteiger partial charge in [0.25, 0.3) is 0 Å². The van der Waals surface area contributed by atoms with Crippen LogP contribution in [0.15, 0.2) is 243 Å². The predicted octanol–water partition coefficient (Wildman–Crippen LogP) is 15.5. The molecule has 0 unspecified atom stereocenters. The maximum atomic E-state index is 5.49. The molecule has 0 aliphatic rings. The van der Waals surface area contributed by atoms with Gasteiger partial charge in [-0.1, -0.05) is 182 Å². The molecule has 2 nitrogen and oxygen atoms in total. The quantitative estimate of drug-likeness (QED) is 0.146. The highest BCUT2D eigenvalue weighted by atomic mass is 14.9. The van der Waals surface area contributed by atoms with E-state index in [-0.39, 0.29) is 0 Å². The zero-order chi connectivity index (χ0) is 40.1. The molecule has 0 saturated heterocycles. The van der Waals surface area contributed by atoms with E-state index in [2.05, 4.69) is 243 Å². The van der Waals surface area contributed by atoms with Gasteiger partial charge in [0, 0.05) is 16.7 Å². The maximum Gasteiger partial charge on any atom is 0.160 e. The average Bonchev–Trinajstić information content (AvgIpc) is 3.35. The first-order chi connectivity index (χ1) is 29.7. The predicted molar refractivity (Wildman–Crippen MR) is 251 cm³/mol. The van der Waals surface area contributed by atoms with Crippen molar-refractivity contribution in [2.24, 2.45) is 0 Å². The minimum atomic E-state index is 0.662. The summed E-state index contributed by atoms with van der Waals surface area (Å²) in [7, 11) is 0. The molecule has 0 N–H and O–H groups in total. The highest BCUT2D eigenvalue weighted by molar-refractivity contribution is 5.86. The second kappa shape index (κ2) is 16.5. The summed E-state index contributed by atoms with van der Waals surface area (Å²) < 4.78 is 0. The molecule has 0 bridgehead atoms. The van der Waals surface area contributed by atoms with Crippen molar-refractivity contribution in [1.29, 1.82) is 0 Å². The van der Waals surface area contributed by atoms with E-state index < -0.39 is 0 Å². The first-order valence-corrected chi connectivity index (χ1v) is 20.4. The minimum Gasteiger partial charge on any atom is -0.228 e. The highest BCUT2D eigenvalue weighted by Gasteiger charge is 2.17. The van der Waals surface area contributed by atoms with Crippen molar-refractivity contribution in [3.63, 3.8) is 0 Å². The second-order valence-corrected chi connectivity index (χ2v) is 15.1. The van der Waals surface area contributed by atoms with Crippen LogP contribution in [0.1, 0.15) is 0 Å². The van der Waals surface area contributed by atoms with Crippen molar-refractivity contribution < 1.29 is 0 Å². The Bertz CT molecular complexity index is 2520. The first-order valence-electron chi connectivity index (χ1n) is 20.4. The smallest absolute Gasteiger partial charge is 0.160 e. The lowest BCUT2D eigenvalue weighted by Gasteiger charge is -2.16. The van der Waals surface area contributed by atoms with Crippen molar-refractivity contribution in [3.05, 3.63) is 243 Å². The summed E-state index contributed by atoms with van der Waals surface area (Å²) in [5.41, 5.74) is 18.3. The van der Waals surface area contributed by atoms with E-state index in [1.165, 1.54) is 0 Å². The Kier molecular flexibility index (Phi) is 10.0. The molecule has 0 radical (unpaired) electrons. The number of aromatic nitrogens is 2. The topological polar surface area (TPSA) is 25.8 Å². The summed E-state index contributed by atoms with van der Waals surface area (Å²) in [6, 6.07) is 86.1. The van der Waals surface area contributed by atoms with E-state index in [4.69, 9.17) is 9.97 Å². The molecule has 0 amide bonds. The molecule has 60 heavy (non-hydrogen) atoms.